The second-order valence-electron chi connectivity index (χ2n) is 4.55. The van der Waals surface area contributed by atoms with E-state index in [1.54, 1.807) is 11.6 Å². The Labute approximate surface area is 88.8 Å². The van der Waals surface area contributed by atoms with Crippen LogP contribution in [-0.2, 0) is 12.6 Å². The van der Waals surface area contributed by atoms with E-state index in [1.165, 1.54) is 10.9 Å². The van der Waals surface area contributed by atoms with Gasteiger partial charge in [0.25, 0.3) is 5.56 Å². The Kier molecular flexibility index (Phi) is 1.68. The molecule has 2 aromatic rings. The summed E-state index contributed by atoms with van der Waals surface area (Å²) in [5.41, 5.74) is 0.0889. The van der Waals surface area contributed by atoms with Gasteiger partial charge >= 0.3 is 0 Å². The summed E-state index contributed by atoms with van der Waals surface area (Å²) in [6.07, 6.45) is 1.48. The summed E-state index contributed by atoms with van der Waals surface area (Å²) in [6, 6.07) is 0. The largest absolute Gasteiger partial charge is 0.328 e. The van der Waals surface area contributed by atoms with Crippen LogP contribution in [0.2, 0.25) is 0 Å². The molecule has 15 heavy (non-hydrogen) atoms. The van der Waals surface area contributed by atoms with Crippen molar-refractivity contribution in [3.63, 3.8) is 0 Å². The quantitative estimate of drug-likeness (QED) is 0.644. The minimum atomic E-state index is -0.459. The molecule has 5 heteroatoms. The predicted octanol–water partition coefficient (Wildman–Crippen LogP) is 0.885. The summed E-state index contributed by atoms with van der Waals surface area (Å²) < 4.78 is 10.8. The second-order valence-corrected chi connectivity index (χ2v) is 4.55. The smallest absolute Gasteiger partial charge is 0.280 e. The van der Waals surface area contributed by atoms with Crippen LogP contribution in [0.3, 0.4) is 0 Å². The number of rotatable bonds is 0. The monoisotopic (exact) mass is 207 g/mol. The van der Waals surface area contributed by atoms with Crippen molar-refractivity contribution < 1.29 is 1.37 Å². The molecule has 0 unspecified atom stereocenters. The van der Waals surface area contributed by atoms with Crippen LogP contribution < -0.4 is 5.56 Å². The fourth-order valence-electron chi connectivity index (χ4n) is 1.45. The summed E-state index contributed by atoms with van der Waals surface area (Å²) in [5.74, 6) is 0. The molecule has 0 aliphatic rings. The summed E-state index contributed by atoms with van der Waals surface area (Å²) in [5, 5.41) is 0. The van der Waals surface area contributed by atoms with E-state index in [2.05, 4.69) is 9.97 Å². The maximum atomic E-state index is 12.2. The van der Waals surface area contributed by atoms with E-state index in [-0.39, 0.29) is 11.9 Å². The highest BCUT2D eigenvalue weighted by Crippen LogP contribution is 2.11. The summed E-state index contributed by atoms with van der Waals surface area (Å²) >= 11 is 0. The summed E-state index contributed by atoms with van der Waals surface area (Å²) in [4.78, 5) is 20.2. The highest BCUT2D eigenvalue weighted by atomic mass is 16.1. The molecule has 2 heterocycles. The SMILES string of the molecule is [2H]c1nc2ncn(C)c2c(=O)n1C(C)(C)C. The van der Waals surface area contributed by atoms with Crippen LogP contribution >= 0.6 is 0 Å². The van der Waals surface area contributed by atoms with Gasteiger partial charge in [0.15, 0.2) is 11.2 Å². The van der Waals surface area contributed by atoms with E-state index >= 15 is 0 Å². The third kappa shape index (κ3) is 1.44. The zero-order valence-electron chi connectivity index (χ0n) is 10.3. The minimum absolute atomic E-state index is 0.0521. The number of hydrogen-bond donors (Lipinski definition) is 0. The standard InChI is InChI=1S/C10H14N4O/c1-10(2,3)14-6-12-8-7(9(14)15)13(4)5-11-8/h5-6H,1-4H3/i6D. The predicted molar refractivity (Wildman–Crippen MR) is 57.8 cm³/mol. The highest BCUT2D eigenvalue weighted by molar-refractivity contribution is 5.68. The van der Waals surface area contributed by atoms with Crippen molar-refractivity contribution in [3.05, 3.63) is 23.0 Å². The van der Waals surface area contributed by atoms with Gasteiger partial charge in [0, 0.05) is 12.6 Å². The van der Waals surface area contributed by atoms with Crippen molar-refractivity contribution in [2.24, 2.45) is 7.05 Å². The zero-order chi connectivity index (χ0) is 12.1. The molecular weight excluding hydrogens is 192 g/mol. The lowest BCUT2D eigenvalue weighted by molar-refractivity contribution is 0.381. The molecule has 0 N–H and O–H groups in total. The number of aromatic nitrogens is 4. The van der Waals surface area contributed by atoms with E-state index in [4.69, 9.17) is 1.37 Å². The van der Waals surface area contributed by atoms with Crippen LogP contribution in [0.25, 0.3) is 11.2 Å². The summed E-state index contributed by atoms with van der Waals surface area (Å²) in [6.45, 7) is 5.61. The molecule has 0 amide bonds. The van der Waals surface area contributed by atoms with Gasteiger partial charge in [-0.1, -0.05) is 0 Å². The van der Waals surface area contributed by atoms with E-state index in [0.717, 1.165) is 0 Å². The molecule has 0 aromatic carbocycles. The molecule has 0 saturated heterocycles. The average Bonchev–Trinajstić information content (AvgIpc) is 2.44. The van der Waals surface area contributed by atoms with Gasteiger partial charge < -0.3 is 4.57 Å². The molecule has 0 atom stereocenters. The lowest BCUT2D eigenvalue weighted by atomic mass is 10.1. The molecule has 5 nitrogen and oxygen atoms in total. The highest BCUT2D eigenvalue weighted by Gasteiger charge is 2.17. The maximum Gasteiger partial charge on any atom is 0.280 e. The molecule has 0 saturated carbocycles. The van der Waals surface area contributed by atoms with Crippen LogP contribution in [-0.4, -0.2) is 19.1 Å². The normalized spacial score (nSPS) is 13.2. The minimum Gasteiger partial charge on any atom is -0.328 e. The van der Waals surface area contributed by atoms with Gasteiger partial charge in [-0.25, -0.2) is 9.97 Å². The van der Waals surface area contributed by atoms with Gasteiger partial charge in [-0.05, 0) is 20.8 Å². The van der Waals surface area contributed by atoms with Gasteiger partial charge in [-0.2, -0.15) is 0 Å². The molecule has 2 rings (SSSR count). The number of aryl methyl sites for hydroxylation is 1. The van der Waals surface area contributed by atoms with Gasteiger partial charge in [0.05, 0.1) is 6.33 Å². The summed E-state index contributed by atoms with van der Waals surface area (Å²) in [7, 11) is 1.75. The Morgan fingerprint density at radius 2 is 2.07 bits per heavy atom. The van der Waals surface area contributed by atoms with Crippen LogP contribution in [0.4, 0.5) is 0 Å². The van der Waals surface area contributed by atoms with Crippen molar-refractivity contribution >= 4 is 11.2 Å². The molecule has 0 aliphatic heterocycles. The molecule has 0 aliphatic carbocycles. The number of fused-ring (bicyclic) bond motifs is 1. The number of nitrogens with zero attached hydrogens (tertiary/aromatic N) is 4. The van der Waals surface area contributed by atoms with Crippen molar-refractivity contribution in [1.82, 2.24) is 19.1 Å². The third-order valence-electron chi connectivity index (χ3n) is 2.25. The Morgan fingerprint density at radius 3 is 2.67 bits per heavy atom. The van der Waals surface area contributed by atoms with E-state index in [1.807, 2.05) is 20.8 Å². The van der Waals surface area contributed by atoms with Crippen molar-refractivity contribution in [3.8, 4) is 0 Å². The zero-order valence-corrected chi connectivity index (χ0v) is 9.27. The molecule has 0 radical (unpaired) electrons. The van der Waals surface area contributed by atoms with Crippen LogP contribution in [0.15, 0.2) is 17.4 Å². The van der Waals surface area contributed by atoms with Crippen LogP contribution in [0.1, 0.15) is 22.1 Å². The topological polar surface area (TPSA) is 52.7 Å². The molecular formula is C10H14N4O. The van der Waals surface area contributed by atoms with Crippen molar-refractivity contribution in [1.29, 1.82) is 0 Å². The Morgan fingerprint density at radius 1 is 1.40 bits per heavy atom. The molecule has 80 valence electrons. The fourth-order valence-corrected chi connectivity index (χ4v) is 1.45. The van der Waals surface area contributed by atoms with Crippen molar-refractivity contribution in [2.45, 2.75) is 26.3 Å². The molecule has 0 bridgehead atoms. The lowest BCUT2D eigenvalue weighted by Gasteiger charge is -2.21. The number of imidazole rings is 1. The Bertz CT molecular complexity index is 606. The first kappa shape index (κ1) is 8.64. The van der Waals surface area contributed by atoms with E-state index in [9.17, 15) is 4.79 Å². The first-order chi connectivity index (χ1) is 7.32. The fraction of sp³-hybridized carbons (Fsp3) is 0.500. The first-order valence-electron chi connectivity index (χ1n) is 5.23. The molecule has 0 spiro atoms. The second kappa shape index (κ2) is 2.92. The first-order valence-corrected chi connectivity index (χ1v) is 4.73. The third-order valence-corrected chi connectivity index (χ3v) is 2.25. The van der Waals surface area contributed by atoms with Crippen LogP contribution in [0.5, 0.6) is 0 Å². The van der Waals surface area contributed by atoms with Crippen LogP contribution in [0, 0.1) is 0 Å². The Hall–Kier alpha value is -1.65. The van der Waals surface area contributed by atoms with Gasteiger partial charge in [0.2, 0.25) is 0 Å². The molecule has 2 aromatic heterocycles. The number of hydrogen-bond acceptors (Lipinski definition) is 3. The van der Waals surface area contributed by atoms with Gasteiger partial charge in [0.1, 0.15) is 7.67 Å². The molecule has 0 fully saturated rings. The van der Waals surface area contributed by atoms with E-state index < -0.39 is 5.54 Å². The average molecular weight is 207 g/mol. The Balaban J connectivity index is 2.96. The lowest BCUT2D eigenvalue weighted by Crippen LogP contribution is -2.34. The van der Waals surface area contributed by atoms with Gasteiger partial charge in [-0.15, -0.1) is 0 Å². The van der Waals surface area contributed by atoms with Crippen molar-refractivity contribution in [2.75, 3.05) is 0 Å². The maximum absolute atomic E-state index is 12.2. The van der Waals surface area contributed by atoms with Gasteiger partial charge in [-0.3, -0.25) is 9.36 Å². The van der Waals surface area contributed by atoms with E-state index in [0.29, 0.717) is 11.2 Å².